The van der Waals surface area contributed by atoms with E-state index >= 15 is 0 Å². The minimum atomic E-state index is 0.208. The number of rotatable bonds is 6. The normalized spacial score (nSPS) is 15.3. The third-order valence-corrected chi connectivity index (χ3v) is 3.91. The molecule has 0 aliphatic rings. The summed E-state index contributed by atoms with van der Waals surface area (Å²) in [5, 5.41) is 3.52. The molecule has 1 rings (SSSR count). The van der Waals surface area contributed by atoms with Crippen LogP contribution in [0.25, 0.3) is 0 Å². The van der Waals surface area contributed by atoms with Gasteiger partial charge in [0.25, 0.3) is 0 Å². The van der Waals surface area contributed by atoms with Crippen LogP contribution in [-0.4, -0.2) is 7.05 Å². The zero-order valence-electron chi connectivity index (χ0n) is 13.6. The van der Waals surface area contributed by atoms with Gasteiger partial charge in [0, 0.05) is 6.04 Å². The first-order valence-electron chi connectivity index (χ1n) is 7.66. The molecule has 2 atom stereocenters. The van der Waals surface area contributed by atoms with Crippen molar-refractivity contribution in [3.63, 3.8) is 0 Å². The van der Waals surface area contributed by atoms with Crippen LogP contribution < -0.4 is 5.32 Å². The third-order valence-electron chi connectivity index (χ3n) is 3.91. The van der Waals surface area contributed by atoms with Crippen molar-refractivity contribution < 1.29 is 0 Å². The van der Waals surface area contributed by atoms with Gasteiger partial charge < -0.3 is 5.32 Å². The van der Waals surface area contributed by atoms with Crippen LogP contribution in [0.15, 0.2) is 24.3 Å². The van der Waals surface area contributed by atoms with E-state index in [0.29, 0.717) is 6.04 Å². The standard InChI is InChI=1S/C18H31N/c1-7-10-14(2)13-17(19-6)15-11-8-9-12-16(15)18(3,4)5/h8-9,11-12,14,17,19H,7,10,13H2,1-6H3. The molecular formula is C18H31N. The Labute approximate surface area is 119 Å². The molecular weight excluding hydrogens is 230 g/mol. The fourth-order valence-electron chi connectivity index (χ4n) is 2.90. The quantitative estimate of drug-likeness (QED) is 0.753. The summed E-state index contributed by atoms with van der Waals surface area (Å²) in [6.45, 7) is 11.5. The first kappa shape index (κ1) is 16.2. The smallest absolute Gasteiger partial charge is 0.0323 e. The summed E-state index contributed by atoms with van der Waals surface area (Å²) in [7, 11) is 2.09. The van der Waals surface area contributed by atoms with Gasteiger partial charge in [-0.3, -0.25) is 0 Å². The SMILES string of the molecule is CCCC(C)CC(NC)c1ccccc1C(C)(C)C. The maximum Gasteiger partial charge on any atom is 0.0323 e. The zero-order chi connectivity index (χ0) is 14.5. The van der Waals surface area contributed by atoms with Crippen molar-refractivity contribution in [2.45, 2.75) is 65.3 Å². The Hall–Kier alpha value is -0.820. The highest BCUT2D eigenvalue weighted by Gasteiger charge is 2.22. The average Bonchev–Trinajstić information content (AvgIpc) is 2.35. The summed E-state index contributed by atoms with van der Waals surface area (Å²) in [6, 6.07) is 9.37. The van der Waals surface area contributed by atoms with Crippen molar-refractivity contribution in [1.29, 1.82) is 0 Å². The van der Waals surface area contributed by atoms with E-state index in [1.54, 1.807) is 0 Å². The predicted octanol–water partition coefficient (Wildman–Crippen LogP) is 5.07. The predicted molar refractivity (Wildman–Crippen MR) is 85.6 cm³/mol. The molecule has 0 aliphatic carbocycles. The summed E-state index contributed by atoms with van der Waals surface area (Å²) in [5.74, 6) is 0.774. The lowest BCUT2D eigenvalue weighted by Gasteiger charge is -2.29. The van der Waals surface area contributed by atoms with Crippen LogP contribution in [0.2, 0.25) is 0 Å². The van der Waals surface area contributed by atoms with Gasteiger partial charge in [-0.1, -0.05) is 71.7 Å². The van der Waals surface area contributed by atoms with Crippen LogP contribution in [-0.2, 0) is 5.41 Å². The van der Waals surface area contributed by atoms with Crippen molar-refractivity contribution in [2.75, 3.05) is 7.05 Å². The lowest BCUT2D eigenvalue weighted by atomic mass is 9.80. The van der Waals surface area contributed by atoms with Crippen LogP contribution in [0.3, 0.4) is 0 Å². The molecule has 0 spiro atoms. The monoisotopic (exact) mass is 261 g/mol. The van der Waals surface area contributed by atoms with E-state index in [0.717, 1.165) is 5.92 Å². The van der Waals surface area contributed by atoms with Gasteiger partial charge in [-0.05, 0) is 35.9 Å². The minimum absolute atomic E-state index is 0.208. The second-order valence-corrected chi connectivity index (χ2v) is 6.81. The minimum Gasteiger partial charge on any atom is -0.313 e. The van der Waals surface area contributed by atoms with Gasteiger partial charge in [0.2, 0.25) is 0 Å². The van der Waals surface area contributed by atoms with Gasteiger partial charge in [0.05, 0.1) is 0 Å². The highest BCUT2D eigenvalue weighted by Crippen LogP contribution is 2.32. The number of hydrogen-bond donors (Lipinski definition) is 1. The van der Waals surface area contributed by atoms with Gasteiger partial charge in [0.1, 0.15) is 0 Å². The van der Waals surface area contributed by atoms with E-state index in [1.807, 2.05) is 0 Å². The van der Waals surface area contributed by atoms with Crippen LogP contribution in [0.1, 0.15) is 71.0 Å². The highest BCUT2D eigenvalue weighted by molar-refractivity contribution is 5.35. The lowest BCUT2D eigenvalue weighted by molar-refractivity contribution is 0.401. The molecule has 19 heavy (non-hydrogen) atoms. The molecule has 1 N–H and O–H groups in total. The molecule has 0 fully saturated rings. The molecule has 0 saturated carbocycles. The van der Waals surface area contributed by atoms with E-state index in [4.69, 9.17) is 0 Å². The maximum absolute atomic E-state index is 3.52. The van der Waals surface area contributed by atoms with E-state index in [1.165, 1.54) is 30.4 Å². The van der Waals surface area contributed by atoms with E-state index in [2.05, 4.69) is 71.2 Å². The molecule has 0 radical (unpaired) electrons. The molecule has 0 bridgehead atoms. The molecule has 2 unspecified atom stereocenters. The molecule has 0 saturated heterocycles. The average molecular weight is 261 g/mol. The molecule has 1 aromatic carbocycles. The van der Waals surface area contributed by atoms with Crippen molar-refractivity contribution in [1.82, 2.24) is 5.32 Å². The van der Waals surface area contributed by atoms with Crippen LogP contribution in [0, 0.1) is 5.92 Å². The van der Waals surface area contributed by atoms with Gasteiger partial charge in [-0.2, -0.15) is 0 Å². The summed E-state index contributed by atoms with van der Waals surface area (Å²) in [4.78, 5) is 0. The molecule has 1 aromatic rings. The maximum atomic E-state index is 3.52. The Balaban J connectivity index is 2.98. The van der Waals surface area contributed by atoms with E-state index in [9.17, 15) is 0 Å². The van der Waals surface area contributed by atoms with Crippen LogP contribution in [0.5, 0.6) is 0 Å². The fourth-order valence-corrected chi connectivity index (χ4v) is 2.90. The van der Waals surface area contributed by atoms with Gasteiger partial charge in [-0.25, -0.2) is 0 Å². The summed E-state index contributed by atoms with van der Waals surface area (Å²) in [6.07, 6.45) is 3.81. The van der Waals surface area contributed by atoms with Crippen LogP contribution in [0.4, 0.5) is 0 Å². The zero-order valence-corrected chi connectivity index (χ0v) is 13.6. The molecule has 0 heterocycles. The number of benzene rings is 1. The van der Waals surface area contributed by atoms with Crippen molar-refractivity contribution in [3.8, 4) is 0 Å². The van der Waals surface area contributed by atoms with Gasteiger partial charge in [-0.15, -0.1) is 0 Å². The first-order chi connectivity index (χ1) is 8.90. The van der Waals surface area contributed by atoms with Crippen molar-refractivity contribution in [3.05, 3.63) is 35.4 Å². The van der Waals surface area contributed by atoms with Crippen LogP contribution >= 0.6 is 0 Å². The van der Waals surface area contributed by atoms with Crippen molar-refractivity contribution >= 4 is 0 Å². The largest absolute Gasteiger partial charge is 0.313 e. The summed E-state index contributed by atoms with van der Waals surface area (Å²) >= 11 is 0. The molecule has 0 aromatic heterocycles. The number of hydrogen-bond acceptors (Lipinski definition) is 1. The Kier molecular flexibility index (Phi) is 6.06. The molecule has 108 valence electrons. The van der Waals surface area contributed by atoms with E-state index in [-0.39, 0.29) is 5.41 Å². The first-order valence-corrected chi connectivity index (χ1v) is 7.66. The van der Waals surface area contributed by atoms with Crippen molar-refractivity contribution in [2.24, 2.45) is 5.92 Å². The highest BCUT2D eigenvalue weighted by atomic mass is 14.9. The Morgan fingerprint density at radius 2 is 1.79 bits per heavy atom. The molecule has 0 aliphatic heterocycles. The third kappa shape index (κ3) is 4.65. The molecule has 1 nitrogen and oxygen atoms in total. The Morgan fingerprint density at radius 1 is 1.16 bits per heavy atom. The summed E-state index contributed by atoms with van der Waals surface area (Å²) < 4.78 is 0. The van der Waals surface area contributed by atoms with Gasteiger partial charge in [0.15, 0.2) is 0 Å². The van der Waals surface area contributed by atoms with E-state index < -0.39 is 0 Å². The van der Waals surface area contributed by atoms with Gasteiger partial charge >= 0.3 is 0 Å². The second-order valence-electron chi connectivity index (χ2n) is 6.81. The fraction of sp³-hybridized carbons (Fsp3) is 0.667. The molecule has 1 heteroatoms. The molecule has 0 amide bonds. The Morgan fingerprint density at radius 3 is 2.32 bits per heavy atom. The topological polar surface area (TPSA) is 12.0 Å². The Bertz CT molecular complexity index is 376. The number of nitrogens with one attached hydrogen (secondary N) is 1. The second kappa shape index (κ2) is 7.09. The summed E-state index contributed by atoms with van der Waals surface area (Å²) in [5.41, 5.74) is 3.15. The lowest BCUT2D eigenvalue weighted by Crippen LogP contribution is -2.24.